The lowest BCUT2D eigenvalue weighted by atomic mass is 10.00. The number of likely N-dealkylation sites (N-methyl/N-ethyl adjacent to an activating group) is 1. The van der Waals surface area contributed by atoms with Crippen LogP contribution in [0, 0.1) is 0 Å². The van der Waals surface area contributed by atoms with Crippen molar-refractivity contribution in [1.82, 2.24) is 20.1 Å². The largest absolute Gasteiger partial charge is 0.394 e. The minimum atomic E-state index is -0.0819. The van der Waals surface area contributed by atoms with Crippen LogP contribution in [0.2, 0.25) is 0 Å². The Bertz CT molecular complexity index is 520. The molecule has 0 radical (unpaired) electrons. The standard InChI is InChI=1S/C15H24N4OS/c1-16-15(9-20)7-6-12(8-15)21-14-18-17-13(10-2-3-10)19(14)11-4-5-11/h10-12,16,20H,2-9H2,1H3. The van der Waals surface area contributed by atoms with Crippen LogP contribution in [-0.4, -0.2) is 44.3 Å². The Morgan fingerprint density at radius 1 is 1.29 bits per heavy atom. The zero-order valence-corrected chi connectivity index (χ0v) is 13.4. The second-order valence-corrected chi connectivity index (χ2v) is 8.15. The Balaban J connectivity index is 1.50. The molecule has 3 saturated carbocycles. The lowest BCUT2D eigenvalue weighted by Gasteiger charge is -2.26. The third-order valence-corrected chi connectivity index (χ3v) is 6.44. The molecule has 2 atom stereocenters. The highest BCUT2D eigenvalue weighted by atomic mass is 32.2. The van der Waals surface area contributed by atoms with E-state index in [2.05, 4.69) is 20.1 Å². The molecule has 116 valence electrons. The number of hydrogen-bond acceptors (Lipinski definition) is 5. The maximum atomic E-state index is 9.63. The summed E-state index contributed by atoms with van der Waals surface area (Å²) in [7, 11) is 1.96. The molecule has 0 saturated heterocycles. The van der Waals surface area contributed by atoms with Gasteiger partial charge in [0.15, 0.2) is 5.16 Å². The van der Waals surface area contributed by atoms with Crippen molar-refractivity contribution in [2.45, 2.75) is 72.9 Å². The fourth-order valence-electron chi connectivity index (χ4n) is 3.44. The van der Waals surface area contributed by atoms with Gasteiger partial charge in [-0.1, -0.05) is 11.8 Å². The fraction of sp³-hybridized carbons (Fsp3) is 0.867. The molecule has 21 heavy (non-hydrogen) atoms. The quantitative estimate of drug-likeness (QED) is 0.842. The van der Waals surface area contributed by atoms with Crippen LogP contribution < -0.4 is 5.32 Å². The van der Waals surface area contributed by atoms with Gasteiger partial charge in [0.05, 0.1) is 6.61 Å². The molecule has 2 N–H and O–H groups in total. The third kappa shape index (κ3) is 2.62. The summed E-state index contributed by atoms with van der Waals surface area (Å²) in [5.74, 6) is 1.91. The first-order chi connectivity index (χ1) is 10.2. The van der Waals surface area contributed by atoms with Crippen LogP contribution in [0.4, 0.5) is 0 Å². The maximum absolute atomic E-state index is 9.63. The first kappa shape index (κ1) is 14.0. The van der Waals surface area contributed by atoms with E-state index in [9.17, 15) is 5.11 Å². The van der Waals surface area contributed by atoms with Crippen LogP contribution in [0.1, 0.15) is 62.7 Å². The van der Waals surface area contributed by atoms with E-state index in [0.29, 0.717) is 17.2 Å². The van der Waals surface area contributed by atoms with Gasteiger partial charge in [0.1, 0.15) is 5.82 Å². The monoisotopic (exact) mass is 308 g/mol. The predicted octanol–water partition coefficient (Wildman–Crippen LogP) is 2.09. The number of rotatable bonds is 6. The first-order valence-corrected chi connectivity index (χ1v) is 9.04. The van der Waals surface area contributed by atoms with Gasteiger partial charge in [-0.3, -0.25) is 0 Å². The van der Waals surface area contributed by atoms with Crippen molar-refractivity contribution < 1.29 is 5.11 Å². The summed E-state index contributed by atoms with van der Waals surface area (Å²) >= 11 is 1.88. The van der Waals surface area contributed by atoms with Crippen molar-refractivity contribution in [2.75, 3.05) is 13.7 Å². The average Bonchev–Trinajstić information content (AvgIpc) is 3.44. The lowest BCUT2D eigenvalue weighted by molar-refractivity contribution is 0.173. The summed E-state index contributed by atoms with van der Waals surface area (Å²) in [6, 6.07) is 0.659. The van der Waals surface area contributed by atoms with E-state index in [1.807, 2.05) is 18.8 Å². The topological polar surface area (TPSA) is 63.0 Å². The Hall–Kier alpha value is -0.590. The van der Waals surface area contributed by atoms with E-state index in [1.165, 1.54) is 31.5 Å². The molecule has 0 aliphatic heterocycles. The molecule has 2 unspecified atom stereocenters. The highest BCUT2D eigenvalue weighted by molar-refractivity contribution is 7.99. The fourth-order valence-corrected chi connectivity index (χ4v) is 4.82. The van der Waals surface area contributed by atoms with Crippen molar-refractivity contribution in [3.8, 4) is 0 Å². The molecule has 0 amide bonds. The molecule has 3 aliphatic carbocycles. The first-order valence-electron chi connectivity index (χ1n) is 8.16. The van der Waals surface area contributed by atoms with E-state index in [1.54, 1.807) is 0 Å². The molecule has 1 aromatic rings. The van der Waals surface area contributed by atoms with E-state index < -0.39 is 0 Å². The second-order valence-electron chi connectivity index (χ2n) is 6.89. The number of aliphatic hydroxyl groups is 1. The zero-order valence-electron chi connectivity index (χ0n) is 12.6. The smallest absolute Gasteiger partial charge is 0.191 e. The number of aliphatic hydroxyl groups excluding tert-OH is 1. The summed E-state index contributed by atoms with van der Waals surface area (Å²) in [6.45, 7) is 0.225. The van der Waals surface area contributed by atoms with Gasteiger partial charge in [0, 0.05) is 22.7 Å². The zero-order chi connectivity index (χ0) is 14.4. The van der Waals surface area contributed by atoms with Crippen molar-refractivity contribution in [2.24, 2.45) is 0 Å². The molecule has 0 aromatic carbocycles. The Kier molecular flexibility index (Phi) is 3.51. The number of thioether (sulfide) groups is 1. The molecule has 0 bridgehead atoms. The number of aromatic nitrogens is 3. The number of nitrogens with one attached hydrogen (secondary N) is 1. The molecular weight excluding hydrogens is 284 g/mol. The Morgan fingerprint density at radius 3 is 2.67 bits per heavy atom. The highest BCUT2D eigenvalue weighted by Crippen LogP contribution is 2.47. The molecule has 1 aromatic heterocycles. The van der Waals surface area contributed by atoms with Gasteiger partial charge in [-0.2, -0.15) is 0 Å². The molecule has 0 spiro atoms. The lowest BCUT2D eigenvalue weighted by Crippen LogP contribution is -2.44. The van der Waals surface area contributed by atoms with Gasteiger partial charge < -0.3 is 15.0 Å². The van der Waals surface area contributed by atoms with Crippen molar-refractivity contribution in [3.63, 3.8) is 0 Å². The summed E-state index contributed by atoms with van der Waals surface area (Å²) in [5, 5.41) is 23.6. The van der Waals surface area contributed by atoms with Crippen LogP contribution in [0.25, 0.3) is 0 Å². The van der Waals surface area contributed by atoms with Gasteiger partial charge in [-0.15, -0.1) is 10.2 Å². The van der Waals surface area contributed by atoms with Crippen LogP contribution in [0.5, 0.6) is 0 Å². The van der Waals surface area contributed by atoms with Crippen LogP contribution in [0.3, 0.4) is 0 Å². The van der Waals surface area contributed by atoms with E-state index in [4.69, 9.17) is 0 Å². The van der Waals surface area contributed by atoms with Crippen molar-refractivity contribution >= 4 is 11.8 Å². The third-order valence-electron chi connectivity index (χ3n) is 5.21. The predicted molar refractivity (Wildman–Crippen MR) is 82.6 cm³/mol. The SMILES string of the molecule is CNC1(CO)CCC(Sc2nnc(C3CC3)n2C2CC2)C1. The molecule has 3 fully saturated rings. The van der Waals surface area contributed by atoms with Crippen molar-refractivity contribution in [1.29, 1.82) is 0 Å². The minimum Gasteiger partial charge on any atom is -0.394 e. The average molecular weight is 308 g/mol. The van der Waals surface area contributed by atoms with Crippen molar-refractivity contribution in [3.05, 3.63) is 5.82 Å². The summed E-state index contributed by atoms with van der Waals surface area (Å²) in [6.07, 6.45) is 8.34. The molecular formula is C15H24N4OS. The van der Waals surface area contributed by atoms with Gasteiger partial charge in [0.25, 0.3) is 0 Å². The Morgan fingerprint density at radius 2 is 2.10 bits per heavy atom. The molecule has 4 rings (SSSR count). The van der Waals surface area contributed by atoms with Crippen LogP contribution >= 0.6 is 11.8 Å². The molecule has 6 heteroatoms. The van der Waals surface area contributed by atoms with Gasteiger partial charge in [-0.05, 0) is 52.0 Å². The Labute approximate surface area is 129 Å². The maximum Gasteiger partial charge on any atom is 0.191 e. The van der Waals surface area contributed by atoms with Crippen LogP contribution in [-0.2, 0) is 0 Å². The van der Waals surface area contributed by atoms with Gasteiger partial charge in [-0.25, -0.2) is 0 Å². The number of hydrogen-bond donors (Lipinski definition) is 2. The molecule has 1 heterocycles. The number of nitrogens with zero attached hydrogens (tertiary/aromatic N) is 3. The molecule has 3 aliphatic rings. The summed E-state index contributed by atoms with van der Waals surface area (Å²) in [4.78, 5) is 0. The van der Waals surface area contributed by atoms with Crippen LogP contribution in [0.15, 0.2) is 5.16 Å². The second kappa shape index (κ2) is 5.25. The van der Waals surface area contributed by atoms with E-state index in [0.717, 1.165) is 24.4 Å². The molecule has 5 nitrogen and oxygen atoms in total. The highest BCUT2D eigenvalue weighted by Gasteiger charge is 2.40. The summed E-state index contributed by atoms with van der Waals surface area (Å²) in [5.41, 5.74) is -0.0819. The minimum absolute atomic E-state index is 0.0819. The van der Waals surface area contributed by atoms with Gasteiger partial charge >= 0.3 is 0 Å². The van der Waals surface area contributed by atoms with E-state index in [-0.39, 0.29) is 12.1 Å². The summed E-state index contributed by atoms with van der Waals surface area (Å²) < 4.78 is 2.43. The van der Waals surface area contributed by atoms with Gasteiger partial charge in [0.2, 0.25) is 0 Å². The van der Waals surface area contributed by atoms with E-state index >= 15 is 0 Å². The normalized spacial score (nSPS) is 32.8.